The van der Waals surface area contributed by atoms with Crippen LogP contribution in [0.2, 0.25) is 0 Å². The van der Waals surface area contributed by atoms with E-state index in [9.17, 15) is 12.8 Å². The number of halogens is 2. The Hall–Kier alpha value is -0.810. The molecular formula is C9H10ClFO3S. The Morgan fingerprint density at radius 1 is 1.47 bits per heavy atom. The van der Waals surface area contributed by atoms with Crippen LogP contribution in [0.3, 0.4) is 0 Å². The highest BCUT2D eigenvalue weighted by Gasteiger charge is 2.19. The molecule has 1 aromatic carbocycles. The first-order valence-electron chi connectivity index (χ1n) is 4.13. The van der Waals surface area contributed by atoms with Crippen molar-refractivity contribution >= 4 is 21.4 Å². The lowest BCUT2D eigenvalue weighted by Gasteiger charge is -2.08. The Morgan fingerprint density at radius 2 is 2.13 bits per heavy atom. The Balaban J connectivity index is 3.28. The van der Waals surface area contributed by atoms with Crippen LogP contribution in [0.4, 0.5) is 4.39 Å². The Bertz CT molecular complexity index is 445. The van der Waals surface area contributed by atoms with E-state index >= 15 is 0 Å². The number of methoxy groups -OCH3 is 1. The molecule has 0 fully saturated rings. The first-order valence-corrected chi connectivity index (χ1v) is 6.32. The van der Waals surface area contributed by atoms with E-state index in [-0.39, 0.29) is 22.3 Å². The Morgan fingerprint density at radius 3 is 2.67 bits per heavy atom. The summed E-state index contributed by atoms with van der Waals surface area (Å²) in [7, 11) is -2.25. The van der Waals surface area contributed by atoms with Crippen molar-refractivity contribution in [1.29, 1.82) is 0 Å². The maximum absolute atomic E-state index is 12.9. The van der Waals surface area contributed by atoms with Crippen molar-refractivity contribution in [3.05, 3.63) is 24.0 Å². The zero-order valence-electron chi connectivity index (χ0n) is 8.04. The van der Waals surface area contributed by atoms with Crippen LogP contribution < -0.4 is 4.74 Å². The molecule has 0 atom stereocenters. The monoisotopic (exact) mass is 252 g/mol. The molecule has 15 heavy (non-hydrogen) atoms. The third-order valence-electron chi connectivity index (χ3n) is 1.81. The van der Waals surface area contributed by atoms with E-state index in [4.69, 9.17) is 16.3 Å². The molecule has 0 spiro atoms. The smallest absolute Gasteiger partial charge is 0.183 e. The van der Waals surface area contributed by atoms with Gasteiger partial charge in [-0.15, -0.1) is 11.6 Å². The lowest BCUT2D eigenvalue weighted by molar-refractivity contribution is 0.401. The summed E-state index contributed by atoms with van der Waals surface area (Å²) < 4.78 is 41.0. The zero-order valence-corrected chi connectivity index (χ0v) is 9.61. The lowest BCUT2D eigenvalue weighted by atomic mass is 10.3. The van der Waals surface area contributed by atoms with Crippen molar-refractivity contribution in [2.24, 2.45) is 0 Å². The third kappa shape index (κ3) is 2.82. The Labute approximate surface area is 92.7 Å². The van der Waals surface area contributed by atoms with Crippen molar-refractivity contribution in [3.63, 3.8) is 0 Å². The fourth-order valence-electron chi connectivity index (χ4n) is 1.11. The molecule has 0 aliphatic rings. The molecule has 0 saturated carbocycles. The van der Waals surface area contributed by atoms with Crippen molar-refractivity contribution in [1.82, 2.24) is 0 Å². The minimum atomic E-state index is -3.57. The molecule has 0 saturated heterocycles. The van der Waals surface area contributed by atoms with Crippen LogP contribution in [0.5, 0.6) is 5.75 Å². The fourth-order valence-corrected chi connectivity index (χ4v) is 2.89. The van der Waals surface area contributed by atoms with E-state index in [0.717, 1.165) is 12.1 Å². The predicted molar refractivity (Wildman–Crippen MR) is 55.7 cm³/mol. The standard InChI is InChI=1S/C9H10ClFO3S/c1-14-8-3-2-7(11)6-9(8)15(12,13)5-4-10/h2-3,6H,4-5H2,1H3. The second kappa shape index (κ2) is 4.81. The van der Waals surface area contributed by atoms with Gasteiger partial charge in [-0.25, -0.2) is 12.8 Å². The molecule has 84 valence electrons. The average molecular weight is 253 g/mol. The zero-order chi connectivity index (χ0) is 11.5. The van der Waals surface area contributed by atoms with Crippen LogP contribution >= 0.6 is 11.6 Å². The number of hydrogen-bond donors (Lipinski definition) is 0. The predicted octanol–water partition coefficient (Wildman–Crippen LogP) is 1.85. The lowest BCUT2D eigenvalue weighted by Crippen LogP contribution is -2.09. The molecule has 3 nitrogen and oxygen atoms in total. The molecule has 0 radical (unpaired) electrons. The maximum atomic E-state index is 12.9. The topological polar surface area (TPSA) is 43.4 Å². The van der Waals surface area contributed by atoms with Crippen LogP contribution in [-0.4, -0.2) is 27.2 Å². The molecule has 0 aliphatic heterocycles. The van der Waals surface area contributed by atoms with Gasteiger partial charge in [-0.2, -0.15) is 0 Å². The summed E-state index contributed by atoms with van der Waals surface area (Å²) in [4.78, 5) is -0.161. The highest BCUT2D eigenvalue weighted by atomic mass is 35.5. The van der Waals surface area contributed by atoms with Gasteiger partial charge in [-0.3, -0.25) is 0 Å². The van der Waals surface area contributed by atoms with Gasteiger partial charge in [0.15, 0.2) is 9.84 Å². The van der Waals surface area contributed by atoms with Gasteiger partial charge in [0.25, 0.3) is 0 Å². The van der Waals surface area contributed by atoms with Gasteiger partial charge < -0.3 is 4.74 Å². The van der Waals surface area contributed by atoms with Gasteiger partial charge in [0.05, 0.1) is 12.9 Å². The summed E-state index contributed by atoms with van der Waals surface area (Å²) in [6.07, 6.45) is 0. The quantitative estimate of drug-likeness (QED) is 0.768. The number of ether oxygens (including phenoxy) is 1. The first-order chi connectivity index (χ1) is 7.01. The summed E-state index contributed by atoms with van der Waals surface area (Å²) >= 11 is 5.36. The van der Waals surface area contributed by atoms with Gasteiger partial charge in [-0.05, 0) is 18.2 Å². The van der Waals surface area contributed by atoms with E-state index in [1.165, 1.54) is 13.2 Å². The number of benzene rings is 1. The minimum Gasteiger partial charge on any atom is -0.495 e. The fraction of sp³-hybridized carbons (Fsp3) is 0.333. The van der Waals surface area contributed by atoms with Crippen LogP contribution in [0.25, 0.3) is 0 Å². The number of rotatable bonds is 4. The molecule has 0 amide bonds. The van der Waals surface area contributed by atoms with Gasteiger partial charge in [0, 0.05) is 5.88 Å². The van der Waals surface area contributed by atoms with E-state index in [1.54, 1.807) is 0 Å². The van der Waals surface area contributed by atoms with E-state index in [2.05, 4.69) is 0 Å². The van der Waals surface area contributed by atoms with Crippen LogP contribution in [0, 0.1) is 5.82 Å². The van der Waals surface area contributed by atoms with Gasteiger partial charge in [0.1, 0.15) is 16.5 Å². The van der Waals surface area contributed by atoms with E-state index in [1.807, 2.05) is 0 Å². The highest BCUT2D eigenvalue weighted by Crippen LogP contribution is 2.25. The summed E-state index contributed by atoms with van der Waals surface area (Å²) in [6.45, 7) is 0. The normalized spacial score (nSPS) is 11.4. The van der Waals surface area contributed by atoms with Gasteiger partial charge in [-0.1, -0.05) is 0 Å². The largest absolute Gasteiger partial charge is 0.495 e. The molecule has 1 aromatic rings. The van der Waals surface area contributed by atoms with Crippen LogP contribution in [-0.2, 0) is 9.84 Å². The summed E-state index contributed by atoms with van der Waals surface area (Å²) in [6, 6.07) is 3.34. The van der Waals surface area contributed by atoms with Crippen LogP contribution in [0.1, 0.15) is 0 Å². The van der Waals surface area contributed by atoms with E-state index in [0.29, 0.717) is 0 Å². The molecule has 0 unspecified atom stereocenters. The highest BCUT2D eigenvalue weighted by molar-refractivity contribution is 7.91. The summed E-state index contributed by atoms with van der Waals surface area (Å²) in [5.74, 6) is -0.776. The molecule has 0 aliphatic carbocycles. The Kier molecular flexibility index (Phi) is 3.93. The summed E-state index contributed by atoms with van der Waals surface area (Å²) in [5.41, 5.74) is 0. The SMILES string of the molecule is COc1ccc(F)cc1S(=O)(=O)CCCl. The van der Waals surface area contributed by atoms with Gasteiger partial charge >= 0.3 is 0 Å². The molecule has 0 bridgehead atoms. The number of sulfone groups is 1. The third-order valence-corrected chi connectivity index (χ3v) is 3.95. The van der Waals surface area contributed by atoms with Crippen LogP contribution in [0.15, 0.2) is 23.1 Å². The second-order valence-corrected chi connectivity index (χ2v) is 5.26. The summed E-state index contributed by atoms with van der Waals surface area (Å²) in [5, 5.41) is 0. The molecule has 1 rings (SSSR count). The van der Waals surface area contributed by atoms with Crippen molar-refractivity contribution in [2.45, 2.75) is 4.90 Å². The minimum absolute atomic E-state index is 0.0397. The van der Waals surface area contributed by atoms with E-state index < -0.39 is 15.7 Å². The van der Waals surface area contributed by atoms with Crippen molar-refractivity contribution in [2.75, 3.05) is 18.7 Å². The van der Waals surface area contributed by atoms with Crippen molar-refractivity contribution in [3.8, 4) is 5.75 Å². The van der Waals surface area contributed by atoms with Gasteiger partial charge in [0.2, 0.25) is 0 Å². The number of alkyl halides is 1. The molecule has 0 heterocycles. The molecule has 0 N–H and O–H groups in total. The molecular weight excluding hydrogens is 243 g/mol. The average Bonchev–Trinajstić information content (AvgIpc) is 2.17. The second-order valence-electron chi connectivity index (χ2n) is 2.80. The van der Waals surface area contributed by atoms with Crippen molar-refractivity contribution < 1.29 is 17.5 Å². The first kappa shape index (κ1) is 12.3. The number of hydrogen-bond acceptors (Lipinski definition) is 3. The molecule has 6 heteroatoms. The molecule has 0 aromatic heterocycles. The maximum Gasteiger partial charge on any atom is 0.183 e.